The molecule has 2 rings (SSSR count). The Hall–Kier alpha value is -2.34. The molecular weight excluding hydrogens is 260 g/mol. The van der Waals surface area contributed by atoms with Crippen LogP contribution in [0, 0.1) is 0 Å². The number of aromatic nitrogens is 1. The van der Waals surface area contributed by atoms with Crippen molar-refractivity contribution < 1.29 is 19.2 Å². The highest BCUT2D eigenvalue weighted by molar-refractivity contribution is 6.04. The van der Waals surface area contributed by atoms with Gasteiger partial charge in [0.1, 0.15) is 12.4 Å². The number of phenolic OH excluding ortho intramolecular Hbond substituents is 1. The molecule has 0 bridgehead atoms. The third kappa shape index (κ3) is 2.97. The maximum Gasteiger partial charge on any atom is 0.280 e. The number of phenols is 1. The van der Waals surface area contributed by atoms with Gasteiger partial charge in [-0.2, -0.15) is 0 Å². The van der Waals surface area contributed by atoms with Crippen molar-refractivity contribution in [2.75, 3.05) is 18.6 Å². The summed E-state index contributed by atoms with van der Waals surface area (Å²) in [5.74, 6) is 0.306. The molecule has 2 aromatic rings. The van der Waals surface area contributed by atoms with Gasteiger partial charge in [-0.05, 0) is 19.1 Å². The molecule has 0 unspecified atom stereocenters. The van der Waals surface area contributed by atoms with Gasteiger partial charge in [-0.3, -0.25) is 4.79 Å². The van der Waals surface area contributed by atoms with Crippen LogP contribution in [0.15, 0.2) is 34.9 Å². The maximum atomic E-state index is 12.4. The number of nitrogens with zero attached hydrogens (tertiary/aromatic N) is 2. The summed E-state index contributed by atoms with van der Waals surface area (Å²) in [6, 6.07) is 8.06. The maximum absolute atomic E-state index is 12.4. The quantitative estimate of drug-likeness (QED) is 0.906. The molecule has 0 saturated carbocycles. The molecule has 1 amide bonds. The third-order valence-electron chi connectivity index (χ3n) is 2.77. The van der Waals surface area contributed by atoms with Crippen LogP contribution in [0.4, 0.5) is 5.69 Å². The molecule has 0 spiro atoms. The molecule has 20 heavy (non-hydrogen) atoms. The van der Waals surface area contributed by atoms with E-state index < -0.39 is 0 Å². The summed E-state index contributed by atoms with van der Waals surface area (Å²) >= 11 is 0. The molecule has 6 heteroatoms. The molecule has 0 saturated heterocycles. The molecule has 6 nitrogen and oxygen atoms in total. The number of benzene rings is 1. The van der Waals surface area contributed by atoms with Gasteiger partial charge in [0.25, 0.3) is 5.91 Å². The van der Waals surface area contributed by atoms with E-state index in [0.717, 1.165) is 0 Å². The monoisotopic (exact) mass is 276 g/mol. The largest absolute Gasteiger partial charge is 0.508 e. The zero-order chi connectivity index (χ0) is 14.5. The van der Waals surface area contributed by atoms with Gasteiger partial charge in [-0.15, -0.1) is 0 Å². The van der Waals surface area contributed by atoms with E-state index in [1.807, 2.05) is 6.92 Å². The van der Waals surface area contributed by atoms with Crippen LogP contribution >= 0.6 is 0 Å². The average Bonchev–Trinajstić information content (AvgIpc) is 2.89. The number of amides is 1. The highest BCUT2D eigenvalue weighted by atomic mass is 16.5. The average molecular weight is 276 g/mol. The molecule has 1 heterocycles. The van der Waals surface area contributed by atoms with Gasteiger partial charge in [0.15, 0.2) is 11.5 Å². The molecule has 0 fully saturated rings. The second-order valence-electron chi connectivity index (χ2n) is 4.18. The first-order chi connectivity index (χ1) is 9.65. The van der Waals surface area contributed by atoms with Crippen LogP contribution in [0.25, 0.3) is 0 Å². The van der Waals surface area contributed by atoms with Crippen LogP contribution < -0.4 is 4.90 Å². The molecule has 0 aliphatic rings. The van der Waals surface area contributed by atoms with E-state index in [0.29, 0.717) is 18.0 Å². The number of anilines is 1. The van der Waals surface area contributed by atoms with E-state index in [2.05, 4.69) is 5.16 Å². The number of aromatic hydroxyl groups is 1. The number of carbonyl (C=O) groups excluding carboxylic acids is 1. The van der Waals surface area contributed by atoms with Crippen LogP contribution in [-0.2, 0) is 11.3 Å². The number of ether oxygens (including phenoxy) is 1. The van der Waals surface area contributed by atoms with Gasteiger partial charge in [-0.1, -0.05) is 11.2 Å². The topological polar surface area (TPSA) is 75.8 Å². The molecule has 0 aliphatic carbocycles. The van der Waals surface area contributed by atoms with Crippen molar-refractivity contribution in [1.29, 1.82) is 0 Å². The minimum atomic E-state index is -0.288. The third-order valence-corrected chi connectivity index (χ3v) is 2.77. The van der Waals surface area contributed by atoms with Crippen molar-refractivity contribution in [2.24, 2.45) is 0 Å². The molecular formula is C14H16N2O4. The molecule has 0 atom stereocenters. The first kappa shape index (κ1) is 14.1. The van der Waals surface area contributed by atoms with E-state index >= 15 is 0 Å². The van der Waals surface area contributed by atoms with Crippen molar-refractivity contribution in [3.8, 4) is 5.75 Å². The number of rotatable bonds is 5. The summed E-state index contributed by atoms with van der Waals surface area (Å²) < 4.78 is 9.92. The van der Waals surface area contributed by atoms with Crippen LogP contribution in [0.5, 0.6) is 5.75 Å². The standard InChI is InChI=1S/C14H16N2O4/c1-3-16(10-5-4-6-11(17)7-10)14(18)13-8-12(9-19-2)20-15-13/h4-8,17H,3,9H2,1-2H3. The first-order valence-electron chi connectivity index (χ1n) is 6.21. The lowest BCUT2D eigenvalue weighted by Gasteiger charge is -2.19. The molecule has 0 radical (unpaired) electrons. The highest BCUT2D eigenvalue weighted by Gasteiger charge is 2.20. The van der Waals surface area contributed by atoms with Crippen LogP contribution in [0.1, 0.15) is 23.2 Å². The molecule has 106 valence electrons. The zero-order valence-corrected chi connectivity index (χ0v) is 11.4. The summed E-state index contributed by atoms with van der Waals surface area (Å²) in [5, 5.41) is 13.2. The normalized spacial score (nSPS) is 10.5. The summed E-state index contributed by atoms with van der Waals surface area (Å²) in [6.07, 6.45) is 0. The Labute approximate surface area is 116 Å². The fraction of sp³-hybridized carbons (Fsp3) is 0.286. The lowest BCUT2D eigenvalue weighted by molar-refractivity contribution is 0.0978. The first-order valence-corrected chi connectivity index (χ1v) is 6.21. The number of methoxy groups -OCH3 is 1. The van der Waals surface area contributed by atoms with Gasteiger partial charge in [0.2, 0.25) is 0 Å². The minimum absolute atomic E-state index is 0.106. The molecule has 0 aliphatic heterocycles. The Balaban J connectivity index is 2.24. The van der Waals surface area contributed by atoms with Gasteiger partial charge < -0.3 is 19.3 Å². The fourth-order valence-corrected chi connectivity index (χ4v) is 1.87. The van der Waals surface area contributed by atoms with Crippen molar-refractivity contribution in [3.05, 3.63) is 41.8 Å². The van der Waals surface area contributed by atoms with Gasteiger partial charge in [-0.25, -0.2) is 0 Å². The van der Waals surface area contributed by atoms with Crippen molar-refractivity contribution in [2.45, 2.75) is 13.5 Å². The van der Waals surface area contributed by atoms with Crippen LogP contribution in [-0.4, -0.2) is 29.8 Å². The molecule has 1 aromatic heterocycles. The van der Waals surface area contributed by atoms with E-state index in [-0.39, 0.29) is 24.0 Å². The lowest BCUT2D eigenvalue weighted by Crippen LogP contribution is -2.30. The summed E-state index contributed by atoms with van der Waals surface area (Å²) in [4.78, 5) is 13.9. The van der Waals surface area contributed by atoms with Gasteiger partial charge in [0, 0.05) is 31.5 Å². The van der Waals surface area contributed by atoms with E-state index in [4.69, 9.17) is 9.26 Å². The highest BCUT2D eigenvalue weighted by Crippen LogP contribution is 2.21. The SMILES string of the molecule is CCN(C(=O)c1cc(COC)on1)c1cccc(O)c1. The van der Waals surface area contributed by atoms with Crippen molar-refractivity contribution in [3.63, 3.8) is 0 Å². The Morgan fingerprint density at radius 2 is 2.25 bits per heavy atom. The zero-order valence-electron chi connectivity index (χ0n) is 11.4. The summed E-state index contributed by atoms with van der Waals surface area (Å²) in [6.45, 7) is 2.56. The number of hydrogen-bond donors (Lipinski definition) is 1. The molecule has 1 aromatic carbocycles. The van der Waals surface area contributed by atoms with Crippen molar-refractivity contribution in [1.82, 2.24) is 5.16 Å². The Morgan fingerprint density at radius 1 is 1.45 bits per heavy atom. The number of carbonyl (C=O) groups is 1. The number of hydrogen-bond acceptors (Lipinski definition) is 5. The van der Waals surface area contributed by atoms with Gasteiger partial charge >= 0.3 is 0 Å². The second kappa shape index (κ2) is 6.21. The smallest absolute Gasteiger partial charge is 0.280 e. The minimum Gasteiger partial charge on any atom is -0.508 e. The van der Waals surface area contributed by atoms with E-state index in [1.165, 1.54) is 18.1 Å². The van der Waals surface area contributed by atoms with Crippen LogP contribution in [0.3, 0.4) is 0 Å². The predicted octanol–water partition coefficient (Wildman–Crippen LogP) is 2.19. The Bertz CT molecular complexity index is 594. The van der Waals surface area contributed by atoms with E-state index in [9.17, 15) is 9.90 Å². The van der Waals surface area contributed by atoms with E-state index in [1.54, 1.807) is 24.3 Å². The predicted molar refractivity (Wildman–Crippen MR) is 72.7 cm³/mol. The van der Waals surface area contributed by atoms with Crippen LogP contribution in [0.2, 0.25) is 0 Å². The van der Waals surface area contributed by atoms with Crippen molar-refractivity contribution >= 4 is 11.6 Å². The fourth-order valence-electron chi connectivity index (χ4n) is 1.87. The molecule has 1 N–H and O–H groups in total. The Morgan fingerprint density at radius 3 is 2.90 bits per heavy atom. The summed E-state index contributed by atoms with van der Waals surface area (Å²) in [7, 11) is 1.54. The summed E-state index contributed by atoms with van der Waals surface area (Å²) in [5.41, 5.74) is 0.816. The van der Waals surface area contributed by atoms with Gasteiger partial charge in [0.05, 0.1) is 0 Å². The second-order valence-corrected chi connectivity index (χ2v) is 4.18. The Kier molecular flexibility index (Phi) is 4.37. The lowest BCUT2D eigenvalue weighted by atomic mass is 10.2.